The highest BCUT2D eigenvalue weighted by Crippen LogP contribution is 2.06. The lowest BCUT2D eigenvalue weighted by molar-refractivity contribution is -0.141. The largest absolute Gasteiger partial charge is 0.469 e. The van der Waals surface area contributed by atoms with E-state index in [9.17, 15) is 9.59 Å². The van der Waals surface area contributed by atoms with E-state index in [4.69, 9.17) is 4.84 Å². The summed E-state index contributed by atoms with van der Waals surface area (Å²) in [6.45, 7) is 2.12. The standard InChI is InChI=1S/C13H17NO4/c1-10-6-3-4-7-11(10)13(16)14-18-9-5-8-12(15)17-2/h3-4,6-7H,5,8-9H2,1-2H3,(H,14,16). The maximum atomic E-state index is 11.7. The summed E-state index contributed by atoms with van der Waals surface area (Å²) >= 11 is 0. The van der Waals surface area contributed by atoms with Crippen LogP contribution in [0.1, 0.15) is 28.8 Å². The molecule has 0 radical (unpaired) electrons. The Labute approximate surface area is 106 Å². The van der Waals surface area contributed by atoms with E-state index in [1.54, 1.807) is 12.1 Å². The number of hydrogen-bond acceptors (Lipinski definition) is 4. The van der Waals surface area contributed by atoms with Gasteiger partial charge in [0, 0.05) is 12.0 Å². The lowest BCUT2D eigenvalue weighted by Gasteiger charge is -2.07. The van der Waals surface area contributed by atoms with Crippen molar-refractivity contribution in [1.82, 2.24) is 5.48 Å². The number of ether oxygens (including phenoxy) is 1. The van der Waals surface area contributed by atoms with Crippen molar-refractivity contribution < 1.29 is 19.2 Å². The molecule has 1 amide bonds. The Morgan fingerprint density at radius 1 is 1.28 bits per heavy atom. The second-order valence-corrected chi connectivity index (χ2v) is 3.77. The minimum absolute atomic E-state index is 0.271. The van der Waals surface area contributed by atoms with Crippen LogP contribution in [0.25, 0.3) is 0 Å². The van der Waals surface area contributed by atoms with Crippen LogP contribution < -0.4 is 5.48 Å². The SMILES string of the molecule is COC(=O)CCCONC(=O)c1ccccc1C. The van der Waals surface area contributed by atoms with Crippen molar-refractivity contribution in [1.29, 1.82) is 0 Å². The van der Waals surface area contributed by atoms with Gasteiger partial charge in [0.15, 0.2) is 0 Å². The Kier molecular flexibility index (Phi) is 5.87. The summed E-state index contributed by atoms with van der Waals surface area (Å²) in [5.74, 6) is -0.574. The third-order valence-electron chi connectivity index (χ3n) is 2.41. The fourth-order valence-corrected chi connectivity index (χ4v) is 1.39. The Balaban J connectivity index is 2.26. The number of amides is 1. The molecule has 0 aliphatic carbocycles. The average molecular weight is 251 g/mol. The van der Waals surface area contributed by atoms with E-state index in [1.807, 2.05) is 19.1 Å². The molecule has 0 aromatic heterocycles. The number of methoxy groups -OCH3 is 1. The lowest BCUT2D eigenvalue weighted by Crippen LogP contribution is -2.25. The van der Waals surface area contributed by atoms with Gasteiger partial charge in [0.2, 0.25) is 0 Å². The second-order valence-electron chi connectivity index (χ2n) is 3.77. The van der Waals surface area contributed by atoms with Gasteiger partial charge in [-0.15, -0.1) is 0 Å². The van der Waals surface area contributed by atoms with Crippen LogP contribution in [0.15, 0.2) is 24.3 Å². The zero-order valence-electron chi connectivity index (χ0n) is 10.6. The van der Waals surface area contributed by atoms with Crippen molar-refractivity contribution in [2.45, 2.75) is 19.8 Å². The minimum atomic E-state index is -0.288. The summed E-state index contributed by atoms with van der Waals surface area (Å²) in [7, 11) is 1.34. The maximum Gasteiger partial charge on any atom is 0.305 e. The number of carbonyl (C=O) groups is 2. The fraction of sp³-hybridized carbons (Fsp3) is 0.385. The average Bonchev–Trinajstić information content (AvgIpc) is 2.38. The summed E-state index contributed by atoms with van der Waals surface area (Å²) < 4.78 is 4.48. The first-order valence-electron chi connectivity index (χ1n) is 5.69. The van der Waals surface area contributed by atoms with Gasteiger partial charge in [-0.2, -0.15) is 0 Å². The van der Waals surface area contributed by atoms with Crippen LogP contribution in [0.3, 0.4) is 0 Å². The van der Waals surface area contributed by atoms with Crippen molar-refractivity contribution in [2.75, 3.05) is 13.7 Å². The molecule has 0 atom stereocenters. The zero-order chi connectivity index (χ0) is 13.4. The number of carbonyl (C=O) groups excluding carboxylic acids is 2. The third kappa shape index (κ3) is 4.55. The molecule has 1 aromatic rings. The van der Waals surface area contributed by atoms with Crippen molar-refractivity contribution in [3.05, 3.63) is 35.4 Å². The van der Waals surface area contributed by atoms with E-state index < -0.39 is 0 Å². The number of nitrogens with one attached hydrogen (secondary N) is 1. The van der Waals surface area contributed by atoms with Crippen LogP contribution in [0.5, 0.6) is 0 Å². The van der Waals surface area contributed by atoms with Gasteiger partial charge in [-0.3, -0.25) is 14.4 Å². The van der Waals surface area contributed by atoms with E-state index in [0.717, 1.165) is 5.56 Å². The molecule has 0 heterocycles. The van der Waals surface area contributed by atoms with Crippen molar-refractivity contribution in [3.8, 4) is 0 Å². The van der Waals surface area contributed by atoms with Crippen LogP contribution in [-0.4, -0.2) is 25.6 Å². The summed E-state index contributed by atoms with van der Waals surface area (Å²) in [5, 5.41) is 0. The quantitative estimate of drug-likeness (QED) is 0.474. The number of esters is 1. The molecule has 1 aromatic carbocycles. The Hall–Kier alpha value is -1.88. The number of rotatable bonds is 6. The van der Waals surface area contributed by atoms with Crippen LogP contribution in [-0.2, 0) is 14.4 Å². The number of hydroxylamine groups is 1. The van der Waals surface area contributed by atoms with Gasteiger partial charge < -0.3 is 4.74 Å². The minimum Gasteiger partial charge on any atom is -0.469 e. The molecule has 0 bridgehead atoms. The molecule has 0 unspecified atom stereocenters. The van der Waals surface area contributed by atoms with E-state index >= 15 is 0 Å². The van der Waals surface area contributed by atoms with E-state index in [1.165, 1.54) is 7.11 Å². The molecule has 5 heteroatoms. The van der Waals surface area contributed by atoms with Crippen molar-refractivity contribution in [2.24, 2.45) is 0 Å². The van der Waals surface area contributed by atoms with Gasteiger partial charge in [0.05, 0.1) is 13.7 Å². The molecule has 5 nitrogen and oxygen atoms in total. The molecule has 1 rings (SSSR count). The molecule has 18 heavy (non-hydrogen) atoms. The molecule has 0 aliphatic heterocycles. The molecular formula is C13H17NO4. The van der Waals surface area contributed by atoms with Crippen molar-refractivity contribution >= 4 is 11.9 Å². The van der Waals surface area contributed by atoms with Gasteiger partial charge in [-0.25, -0.2) is 5.48 Å². The molecule has 0 spiro atoms. The maximum absolute atomic E-state index is 11.7. The third-order valence-corrected chi connectivity index (χ3v) is 2.41. The number of hydrogen-bond donors (Lipinski definition) is 1. The van der Waals surface area contributed by atoms with Gasteiger partial charge in [0.25, 0.3) is 5.91 Å². The van der Waals surface area contributed by atoms with Gasteiger partial charge in [-0.05, 0) is 25.0 Å². The first-order valence-corrected chi connectivity index (χ1v) is 5.69. The van der Waals surface area contributed by atoms with Crippen molar-refractivity contribution in [3.63, 3.8) is 0 Å². The predicted octanol–water partition coefficient (Wildman–Crippen LogP) is 1.61. The highest BCUT2D eigenvalue weighted by atomic mass is 16.6. The summed E-state index contributed by atoms with van der Waals surface area (Å²) in [5.41, 5.74) is 3.80. The smallest absolute Gasteiger partial charge is 0.305 e. The summed E-state index contributed by atoms with van der Waals surface area (Å²) in [6, 6.07) is 7.23. The molecular weight excluding hydrogens is 234 g/mol. The Morgan fingerprint density at radius 3 is 2.67 bits per heavy atom. The number of benzene rings is 1. The van der Waals surface area contributed by atoms with Crippen LogP contribution >= 0.6 is 0 Å². The molecule has 0 aliphatic rings. The van der Waals surface area contributed by atoms with Gasteiger partial charge >= 0.3 is 5.97 Å². The predicted molar refractivity (Wildman–Crippen MR) is 65.8 cm³/mol. The fourth-order valence-electron chi connectivity index (χ4n) is 1.39. The second kappa shape index (κ2) is 7.45. The van der Waals surface area contributed by atoms with Gasteiger partial charge in [-0.1, -0.05) is 18.2 Å². The molecule has 0 saturated heterocycles. The highest BCUT2D eigenvalue weighted by Gasteiger charge is 2.07. The zero-order valence-corrected chi connectivity index (χ0v) is 10.6. The van der Waals surface area contributed by atoms with E-state index in [-0.39, 0.29) is 24.9 Å². The van der Waals surface area contributed by atoms with E-state index in [2.05, 4.69) is 10.2 Å². The summed E-state index contributed by atoms with van der Waals surface area (Å²) in [4.78, 5) is 27.5. The highest BCUT2D eigenvalue weighted by molar-refractivity contribution is 5.94. The van der Waals surface area contributed by atoms with Crippen LogP contribution in [0.4, 0.5) is 0 Å². The Bertz CT molecular complexity index is 417. The molecule has 0 saturated carbocycles. The number of aryl methyl sites for hydroxylation is 1. The van der Waals surface area contributed by atoms with Crippen LogP contribution in [0.2, 0.25) is 0 Å². The molecule has 98 valence electrons. The molecule has 1 N–H and O–H groups in total. The first-order chi connectivity index (χ1) is 8.65. The monoisotopic (exact) mass is 251 g/mol. The van der Waals surface area contributed by atoms with E-state index in [0.29, 0.717) is 12.0 Å². The Morgan fingerprint density at radius 2 is 2.00 bits per heavy atom. The topological polar surface area (TPSA) is 64.6 Å². The summed E-state index contributed by atoms with van der Waals surface area (Å²) in [6.07, 6.45) is 0.775. The normalized spacial score (nSPS) is 9.89. The molecule has 0 fully saturated rings. The van der Waals surface area contributed by atoms with Gasteiger partial charge in [0.1, 0.15) is 0 Å². The first kappa shape index (κ1) is 14.2. The lowest BCUT2D eigenvalue weighted by atomic mass is 10.1. The van der Waals surface area contributed by atoms with Crippen LogP contribution in [0, 0.1) is 6.92 Å².